The number of oxazole rings is 1. The molecule has 0 fully saturated rings. The number of nitrogens with zero attached hydrogens (tertiary/aromatic N) is 1. The van der Waals surface area contributed by atoms with Gasteiger partial charge in [-0.1, -0.05) is 16.9 Å². The van der Waals surface area contributed by atoms with Crippen LogP contribution in [0.3, 0.4) is 0 Å². The van der Waals surface area contributed by atoms with Crippen molar-refractivity contribution in [2.45, 2.75) is 6.92 Å². The lowest BCUT2D eigenvalue weighted by molar-refractivity contribution is -0.141. The van der Waals surface area contributed by atoms with Crippen LogP contribution in [0.5, 0.6) is 0 Å². The SMILES string of the molecule is CC(=O)On1c(=O)oc2ccccc21. The van der Waals surface area contributed by atoms with Gasteiger partial charge in [0.1, 0.15) is 5.52 Å². The number of para-hydroxylation sites is 2. The fraction of sp³-hybridized carbons (Fsp3) is 0.111. The van der Waals surface area contributed by atoms with Crippen LogP contribution in [0, 0.1) is 0 Å². The Morgan fingerprint density at radius 3 is 2.86 bits per heavy atom. The Morgan fingerprint density at radius 2 is 2.14 bits per heavy atom. The van der Waals surface area contributed by atoms with Gasteiger partial charge in [0.25, 0.3) is 0 Å². The molecule has 0 radical (unpaired) electrons. The van der Waals surface area contributed by atoms with Crippen LogP contribution < -0.4 is 10.6 Å². The van der Waals surface area contributed by atoms with Crippen LogP contribution in [0.25, 0.3) is 11.1 Å². The van der Waals surface area contributed by atoms with Gasteiger partial charge in [0.05, 0.1) is 0 Å². The molecule has 0 amide bonds. The van der Waals surface area contributed by atoms with Crippen LogP contribution in [-0.4, -0.2) is 10.7 Å². The maximum absolute atomic E-state index is 11.2. The van der Waals surface area contributed by atoms with Gasteiger partial charge in [0.2, 0.25) is 0 Å². The monoisotopic (exact) mass is 193 g/mol. The van der Waals surface area contributed by atoms with E-state index in [1.807, 2.05) is 0 Å². The Balaban J connectivity index is 2.68. The summed E-state index contributed by atoms with van der Waals surface area (Å²) in [4.78, 5) is 26.5. The van der Waals surface area contributed by atoms with E-state index >= 15 is 0 Å². The molecule has 0 spiro atoms. The van der Waals surface area contributed by atoms with Gasteiger partial charge >= 0.3 is 11.7 Å². The molecule has 5 heteroatoms. The lowest BCUT2D eigenvalue weighted by Crippen LogP contribution is -2.25. The minimum absolute atomic E-state index is 0.388. The molecule has 0 unspecified atom stereocenters. The summed E-state index contributed by atoms with van der Waals surface area (Å²) in [5.74, 6) is -1.28. The number of carbonyl (C=O) groups is 1. The quantitative estimate of drug-likeness (QED) is 0.664. The summed E-state index contributed by atoms with van der Waals surface area (Å²) in [6.07, 6.45) is 0. The van der Waals surface area contributed by atoms with Crippen molar-refractivity contribution in [1.29, 1.82) is 0 Å². The number of rotatable bonds is 1. The highest BCUT2D eigenvalue weighted by Gasteiger charge is 2.10. The Bertz CT molecular complexity index is 537. The Kier molecular flexibility index (Phi) is 1.85. The molecule has 72 valence electrons. The first kappa shape index (κ1) is 8.55. The summed E-state index contributed by atoms with van der Waals surface area (Å²) >= 11 is 0. The van der Waals surface area contributed by atoms with E-state index in [-0.39, 0.29) is 0 Å². The van der Waals surface area contributed by atoms with Gasteiger partial charge in [0.15, 0.2) is 5.58 Å². The van der Waals surface area contributed by atoms with Gasteiger partial charge in [-0.25, -0.2) is 9.59 Å². The molecule has 2 rings (SSSR count). The Morgan fingerprint density at radius 1 is 1.43 bits per heavy atom. The van der Waals surface area contributed by atoms with Crippen molar-refractivity contribution in [3.63, 3.8) is 0 Å². The third-order valence-corrected chi connectivity index (χ3v) is 1.67. The molecule has 5 nitrogen and oxygen atoms in total. The molecule has 1 aromatic heterocycles. The average Bonchev–Trinajstić information content (AvgIpc) is 2.43. The van der Waals surface area contributed by atoms with Crippen molar-refractivity contribution in [2.75, 3.05) is 0 Å². The van der Waals surface area contributed by atoms with Gasteiger partial charge in [-0.3, -0.25) is 0 Å². The Hall–Kier alpha value is -2.04. The van der Waals surface area contributed by atoms with E-state index in [9.17, 15) is 9.59 Å². The van der Waals surface area contributed by atoms with Crippen LogP contribution >= 0.6 is 0 Å². The highest BCUT2D eigenvalue weighted by atomic mass is 16.7. The van der Waals surface area contributed by atoms with Crippen molar-refractivity contribution in [2.24, 2.45) is 0 Å². The summed E-state index contributed by atoms with van der Waals surface area (Å²) in [6.45, 7) is 1.22. The van der Waals surface area contributed by atoms with Crippen molar-refractivity contribution in [1.82, 2.24) is 4.73 Å². The first-order valence-electron chi connectivity index (χ1n) is 3.98. The van der Waals surface area contributed by atoms with Gasteiger partial charge in [-0.2, -0.15) is 0 Å². The number of carbonyl (C=O) groups excluding carboxylic acids is 1. The second-order valence-corrected chi connectivity index (χ2v) is 2.71. The number of fused-ring (bicyclic) bond motifs is 1. The lowest BCUT2D eigenvalue weighted by Gasteiger charge is -1.97. The summed E-state index contributed by atoms with van der Waals surface area (Å²) in [7, 11) is 0. The van der Waals surface area contributed by atoms with E-state index in [4.69, 9.17) is 4.42 Å². The van der Waals surface area contributed by atoms with E-state index in [1.165, 1.54) is 6.92 Å². The first-order chi connectivity index (χ1) is 6.68. The van der Waals surface area contributed by atoms with Gasteiger partial charge < -0.3 is 9.25 Å². The fourth-order valence-corrected chi connectivity index (χ4v) is 1.16. The van der Waals surface area contributed by atoms with Crippen LogP contribution in [0.2, 0.25) is 0 Å². The van der Waals surface area contributed by atoms with E-state index in [2.05, 4.69) is 4.84 Å². The fourth-order valence-electron chi connectivity index (χ4n) is 1.16. The molecule has 0 saturated heterocycles. The van der Waals surface area contributed by atoms with E-state index < -0.39 is 11.7 Å². The molecule has 1 heterocycles. The zero-order chi connectivity index (χ0) is 10.1. The van der Waals surface area contributed by atoms with Gasteiger partial charge in [-0.05, 0) is 12.1 Å². The molecule has 0 aliphatic rings. The molecular weight excluding hydrogens is 186 g/mol. The third-order valence-electron chi connectivity index (χ3n) is 1.67. The van der Waals surface area contributed by atoms with Crippen molar-refractivity contribution in [3.05, 3.63) is 34.8 Å². The molecule has 14 heavy (non-hydrogen) atoms. The number of aromatic nitrogens is 1. The highest BCUT2D eigenvalue weighted by molar-refractivity contribution is 5.74. The number of benzene rings is 1. The smallest absolute Gasteiger partial charge is 0.405 e. The zero-order valence-corrected chi connectivity index (χ0v) is 7.39. The van der Waals surface area contributed by atoms with E-state index in [1.54, 1.807) is 24.3 Å². The lowest BCUT2D eigenvalue weighted by atomic mass is 10.3. The second kappa shape index (κ2) is 3.02. The summed E-state index contributed by atoms with van der Waals surface area (Å²) in [5.41, 5.74) is 0.825. The van der Waals surface area contributed by atoms with Crippen molar-refractivity contribution < 1.29 is 14.0 Å². The minimum Gasteiger partial charge on any atom is -0.405 e. The normalized spacial score (nSPS) is 10.4. The van der Waals surface area contributed by atoms with Gasteiger partial charge in [-0.15, -0.1) is 0 Å². The second-order valence-electron chi connectivity index (χ2n) is 2.71. The predicted octanol–water partition coefficient (Wildman–Crippen LogP) is 0.570. The van der Waals surface area contributed by atoms with Crippen LogP contribution in [0.1, 0.15) is 6.92 Å². The van der Waals surface area contributed by atoms with E-state index in [0.717, 1.165) is 4.73 Å². The molecule has 0 bridgehead atoms. The number of hydrogen-bond acceptors (Lipinski definition) is 4. The van der Waals surface area contributed by atoms with Crippen molar-refractivity contribution in [3.8, 4) is 0 Å². The standard InChI is InChI=1S/C9H7NO4/c1-6(11)14-10-7-4-2-3-5-8(7)13-9(10)12/h2-5H,1H3. The Labute approximate surface area is 78.5 Å². The molecule has 2 aromatic rings. The molecule has 0 aliphatic heterocycles. The van der Waals surface area contributed by atoms with E-state index in [0.29, 0.717) is 11.1 Å². The average molecular weight is 193 g/mol. The zero-order valence-electron chi connectivity index (χ0n) is 7.39. The molecule has 0 saturated carbocycles. The first-order valence-corrected chi connectivity index (χ1v) is 3.98. The molecular formula is C9H7NO4. The molecule has 0 N–H and O–H groups in total. The van der Waals surface area contributed by atoms with Crippen molar-refractivity contribution >= 4 is 17.1 Å². The molecule has 1 aromatic carbocycles. The summed E-state index contributed by atoms with van der Waals surface area (Å²) in [6, 6.07) is 6.70. The molecule has 0 atom stereocenters. The minimum atomic E-state index is -0.707. The third kappa shape index (κ3) is 1.28. The molecule has 0 aliphatic carbocycles. The maximum atomic E-state index is 11.2. The topological polar surface area (TPSA) is 61.4 Å². The van der Waals surface area contributed by atoms with Crippen LogP contribution in [0.4, 0.5) is 0 Å². The van der Waals surface area contributed by atoms with Crippen LogP contribution in [0.15, 0.2) is 33.5 Å². The van der Waals surface area contributed by atoms with Crippen LogP contribution in [-0.2, 0) is 4.79 Å². The summed E-state index contributed by atoms with van der Waals surface area (Å²) < 4.78 is 5.66. The summed E-state index contributed by atoms with van der Waals surface area (Å²) in [5, 5.41) is 0. The number of hydrogen-bond donors (Lipinski definition) is 0. The van der Waals surface area contributed by atoms with Gasteiger partial charge in [0, 0.05) is 6.92 Å². The highest BCUT2D eigenvalue weighted by Crippen LogP contribution is 2.09. The predicted molar refractivity (Wildman–Crippen MR) is 47.7 cm³/mol. The maximum Gasteiger partial charge on any atom is 0.453 e. The largest absolute Gasteiger partial charge is 0.453 e.